The molecule has 2 aromatic carbocycles. The molecule has 0 spiro atoms. The van der Waals surface area contributed by atoms with Gasteiger partial charge in [0.05, 0.1) is 11.1 Å². The second-order valence-electron chi connectivity index (χ2n) is 5.39. The number of aryl methyl sites for hydroxylation is 2. The summed E-state index contributed by atoms with van der Waals surface area (Å²) in [5.41, 5.74) is 4.33. The zero-order valence-corrected chi connectivity index (χ0v) is 13.5. The van der Waals surface area contributed by atoms with E-state index in [0.717, 1.165) is 24.1 Å². The Morgan fingerprint density at radius 2 is 1.90 bits per heavy atom. The molecule has 3 heteroatoms. The van der Waals surface area contributed by atoms with Gasteiger partial charge in [-0.25, -0.2) is 4.39 Å². The van der Waals surface area contributed by atoms with Crippen LogP contribution >= 0.6 is 11.6 Å². The molecule has 0 fully saturated rings. The predicted octanol–water partition coefficient (Wildman–Crippen LogP) is 5.18. The summed E-state index contributed by atoms with van der Waals surface area (Å²) in [5, 5.41) is 3.68. The molecule has 0 saturated heterocycles. The van der Waals surface area contributed by atoms with E-state index in [1.54, 1.807) is 6.07 Å². The molecule has 0 aromatic heterocycles. The van der Waals surface area contributed by atoms with Crippen LogP contribution in [-0.4, -0.2) is 6.54 Å². The van der Waals surface area contributed by atoms with Crippen LogP contribution < -0.4 is 5.32 Å². The van der Waals surface area contributed by atoms with Crippen LogP contribution in [0.3, 0.4) is 0 Å². The zero-order valence-electron chi connectivity index (χ0n) is 12.7. The molecule has 0 saturated carbocycles. The Bertz CT molecular complexity index is 625. The van der Waals surface area contributed by atoms with E-state index in [1.807, 2.05) is 6.07 Å². The Balaban J connectivity index is 2.49. The predicted molar refractivity (Wildman–Crippen MR) is 87.5 cm³/mol. The largest absolute Gasteiger partial charge is 0.306 e. The van der Waals surface area contributed by atoms with Crippen molar-refractivity contribution in [1.29, 1.82) is 0 Å². The van der Waals surface area contributed by atoms with Crippen LogP contribution in [0.5, 0.6) is 0 Å². The van der Waals surface area contributed by atoms with E-state index in [0.29, 0.717) is 0 Å². The van der Waals surface area contributed by atoms with Crippen molar-refractivity contribution < 1.29 is 4.39 Å². The average molecular weight is 306 g/mol. The third kappa shape index (κ3) is 3.63. The number of hydrogen-bond donors (Lipinski definition) is 1. The van der Waals surface area contributed by atoms with Gasteiger partial charge in [0.1, 0.15) is 5.82 Å². The highest BCUT2D eigenvalue weighted by Crippen LogP contribution is 2.32. The van der Waals surface area contributed by atoms with Crippen LogP contribution in [0.2, 0.25) is 5.02 Å². The first-order chi connectivity index (χ1) is 10.0. The molecule has 0 aliphatic rings. The van der Waals surface area contributed by atoms with Gasteiger partial charge in [-0.3, -0.25) is 0 Å². The number of halogens is 2. The minimum Gasteiger partial charge on any atom is -0.306 e. The van der Waals surface area contributed by atoms with Crippen LogP contribution in [-0.2, 0) is 0 Å². The molecule has 0 aliphatic carbocycles. The Kier molecular flexibility index (Phi) is 5.38. The summed E-state index contributed by atoms with van der Waals surface area (Å²) in [5.74, 6) is -0.373. The summed E-state index contributed by atoms with van der Waals surface area (Å²) in [7, 11) is 0. The number of benzene rings is 2. The minimum atomic E-state index is -0.373. The Morgan fingerprint density at radius 3 is 2.57 bits per heavy atom. The lowest BCUT2D eigenvalue weighted by Crippen LogP contribution is -2.24. The smallest absolute Gasteiger partial charge is 0.142 e. The van der Waals surface area contributed by atoms with Gasteiger partial charge in [-0.05, 0) is 49.6 Å². The molecule has 0 bridgehead atoms. The summed E-state index contributed by atoms with van der Waals surface area (Å²) in [6.07, 6.45) is 1.01. The molecule has 2 rings (SSSR count). The van der Waals surface area contributed by atoms with Crippen molar-refractivity contribution >= 4 is 11.6 Å². The van der Waals surface area contributed by atoms with Gasteiger partial charge in [-0.2, -0.15) is 0 Å². The highest BCUT2D eigenvalue weighted by atomic mass is 35.5. The van der Waals surface area contributed by atoms with Crippen molar-refractivity contribution in [2.75, 3.05) is 6.54 Å². The second kappa shape index (κ2) is 7.06. The standard InChI is InChI=1S/C18H21ClFN/c1-4-10-21-18(14-9-8-12(2)11-13(14)3)15-6-5-7-16(20)17(15)19/h5-9,11,18,21H,4,10H2,1-3H3. The van der Waals surface area contributed by atoms with Crippen molar-refractivity contribution in [3.05, 3.63) is 69.5 Å². The monoisotopic (exact) mass is 305 g/mol. The molecule has 1 atom stereocenters. The van der Waals surface area contributed by atoms with Gasteiger partial charge in [-0.1, -0.05) is 54.4 Å². The molecule has 0 heterocycles. The molecule has 2 aromatic rings. The van der Waals surface area contributed by atoms with Gasteiger partial charge < -0.3 is 5.32 Å². The van der Waals surface area contributed by atoms with Gasteiger partial charge in [0.15, 0.2) is 0 Å². The van der Waals surface area contributed by atoms with E-state index in [9.17, 15) is 4.39 Å². The summed E-state index contributed by atoms with van der Waals surface area (Å²) < 4.78 is 13.8. The van der Waals surface area contributed by atoms with Crippen LogP contribution in [0.25, 0.3) is 0 Å². The zero-order chi connectivity index (χ0) is 15.4. The van der Waals surface area contributed by atoms with Crippen molar-refractivity contribution in [3.63, 3.8) is 0 Å². The van der Waals surface area contributed by atoms with E-state index in [-0.39, 0.29) is 16.9 Å². The molecular formula is C18H21ClFN. The fourth-order valence-corrected chi connectivity index (χ4v) is 2.80. The molecule has 0 radical (unpaired) electrons. The second-order valence-corrected chi connectivity index (χ2v) is 5.77. The lowest BCUT2D eigenvalue weighted by molar-refractivity contribution is 0.584. The first-order valence-corrected chi connectivity index (χ1v) is 7.66. The lowest BCUT2D eigenvalue weighted by Gasteiger charge is -2.23. The van der Waals surface area contributed by atoms with Crippen LogP contribution in [0.4, 0.5) is 4.39 Å². The third-order valence-corrected chi connectivity index (χ3v) is 4.03. The fraction of sp³-hybridized carbons (Fsp3) is 0.333. The van der Waals surface area contributed by atoms with Gasteiger partial charge in [0.2, 0.25) is 0 Å². The normalized spacial score (nSPS) is 12.4. The maximum absolute atomic E-state index is 13.8. The quantitative estimate of drug-likeness (QED) is 0.802. The average Bonchev–Trinajstić information content (AvgIpc) is 2.45. The highest BCUT2D eigenvalue weighted by molar-refractivity contribution is 6.31. The molecular weight excluding hydrogens is 285 g/mol. The maximum Gasteiger partial charge on any atom is 0.142 e. The van der Waals surface area contributed by atoms with Crippen molar-refractivity contribution in [2.45, 2.75) is 33.2 Å². The fourth-order valence-electron chi connectivity index (χ4n) is 2.57. The van der Waals surface area contributed by atoms with E-state index in [2.05, 4.69) is 44.3 Å². The highest BCUT2D eigenvalue weighted by Gasteiger charge is 2.19. The van der Waals surface area contributed by atoms with Crippen molar-refractivity contribution in [3.8, 4) is 0 Å². The lowest BCUT2D eigenvalue weighted by atomic mass is 9.93. The minimum absolute atomic E-state index is 0.0891. The number of rotatable bonds is 5. The number of nitrogens with one attached hydrogen (secondary N) is 1. The molecule has 1 N–H and O–H groups in total. The summed E-state index contributed by atoms with van der Waals surface area (Å²) in [6, 6.07) is 11.2. The van der Waals surface area contributed by atoms with Crippen molar-refractivity contribution in [2.24, 2.45) is 0 Å². The summed E-state index contributed by atoms with van der Waals surface area (Å²) in [4.78, 5) is 0. The molecule has 0 aliphatic heterocycles. The Labute approximate surface area is 131 Å². The van der Waals surface area contributed by atoms with Gasteiger partial charge in [-0.15, -0.1) is 0 Å². The van der Waals surface area contributed by atoms with Crippen molar-refractivity contribution in [1.82, 2.24) is 5.32 Å². The Hall–Kier alpha value is -1.38. The summed E-state index contributed by atoms with van der Waals surface area (Å²) >= 11 is 6.19. The molecule has 112 valence electrons. The van der Waals surface area contributed by atoms with Gasteiger partial charge in [0, 0.05) is 0 Å². The SMILES string of the molecule is CCCNC(c1ccc(C)cc1C)c1cccc(F)c1Cl. The van der Waals surface area contributed by atoms with Gasteiger partial charge >= 0.3 is 0 Å². The first-order valence-electron chi connectivity index (χ1n) is 7.29. The molecule has 0 amide bonds. The van der Waals surface area contributed by atoms with E-state index >= 15 is 0 Å². The first kappa shape index (κ1) is 16.0. The van der Waals surface area contributed by atoms with E-state index in [1.165, 1.54) is 17.2 Å². The molecule has 1 nitrogen and oxygen atoms in total. The van der Waals surface area contributed by atoms with E-state index in [4.69, 9.17) is 11.6 Å². The van der Waals surface area contributed by atoms with Crippen LogP contribution in [0.15, 0.2) is 36.4 Å². The topological polar surface area (TPSA) is 12.0 Å². The maximum atomic E-state index is 13.8. The Morgan fingerprint density at radius 1 is 1.14 bits per heavy atom. The number of hydrogen-bond acceptors (Lipinski definition) is 1. The van der Waals surface area contributed by atoms with Gasteiger partial charge in [0.25, 0.3) is 0 Å². The van der Waals surface area contributed by atoms with Crippen LogP contribution in [0, 0.1) is 19.7 Å². The molecule has 1 unspecified atom stereocenters. The van der Waals surface area contributed by atoms with E-state index < -0.39 is 0 Å². The summed E-state index contributed by atoms with van der Waals surface area (Å²) in [6.45, 7) is 7.11. The van der Waals surface area contributed by atoms with Crippen LogP contribution in [0.1, 0.15) is 41.6 Å². The molecule has 21 heavy (non-hydrogen) atoms. The third-order valence-electron chi connectivity index (χ3n) is 3.63.